The number of aliphatic hydroxyl groups excluding tert-OH is 1. The second kappa shape index (κ2) is 12.1. The second-order valence-electron chi connectivity index (χ2n) is 11.9. The number of carboxylic acid groups (broad SMARTS) is 1. The summed E-state index contributed by atoms with van der Waals surface area (Å²) in [7, 11) is 0. The molecule has 0 saturated carbocycles. The number of halogens is 2. The highest BCUT2D eigenvalue weighted by Crippen LogP contribution is 2.32. The molecule has 2 fully saturated rings. The number of benzene rings is 1. The number of likely N-dealkylation sites (tertiary alicyclic amines) is 1. The Morgan fingerprint density at radius 3 is 2.38 bits per heavy atom. The molecule has 0 aliphatic carbocycles. The largest absolute Gasteiger partial charge is 0.478 e. The normalized spacial score (nSPS) is 20.5. The van der Waals surface area contributed by atoms with Crippen LogP contribution in [0, 0.1) is 17.0 Å². The Hall–Kier alpha value is -3.91. The van der Waals surface area contributed by atoms with E-state index in [0.717, 1.165) is 12.1 Å². The Balaban J connectivity index is 1.42. The third-order valence-corrected chi connectivity index (χ3v) is 7.72. The molecule has 2 aliphatic heterocycles. The molecule has 42 heavy (non-hydrogen) atoms. The highest BCUT2D eigenvalue weighted by atomic mass is 19.2. The van der Waals surface area contributed by atoms with Crippen LogP contribution in [-0.4, -0.2) is 105 Å². The third kappa shape index (κ3) is 6.59. The number of carboxylic acids is 1. The van der Waals surface area contributed by atoms with Crippen LogP contribution in [0.1, 0.15) is 44.5 Å². The van der Waals surface area contributed by atoms with Gasteiger partial charge in [-0.25, -0.2) is 13.6 Å². The van der Waals surface area contributed by atoms with Crippen LogP contribution in [0.3, 0.4) is 0 Å². The monoisotopic (exact) mass is 589 g/mol. The maximum absolute atomic E-state index is 14.7. The number of nitrogens with one attached hydrogen (secondary N) is 1. The number of β-amino-alcohol motifs (C(OH)–C–C–N with tert-alkyl or cyclic N) is 1. The van der Waals surface area contributed by atoms with Gasteiger partial charge in [-0.15, -0.1) is 10.2 Å². The van der Waals surface area contributed by atoms with Crippen LogP contribution in [0.2, 0.25) is 0 Å². The molecule has 1 aromatic carbocycles. The zero-order valence-electron chi connectivity index (χ0n) is 24.1. The summed E-state index contributed by atoms with van der Waals surface area (Å²) in [5.41, 5.74) is 4.72. The minimum absolute atomic E-state index is 0.0337. The fourth-order valence-electron chi connectivity index (χ4n) is 5.43. The Morgan fingerprint density at radius 1 is 1.14 bits per heavy atom. The van der Waals surface area contributed by atoms with Crippen molar-refractivity contribution in [1.29, 1.82) is 0 Å². The molecule has 2 saturated heterocycles. The molecular weight excluding hydrogens is 552 g/mol. The lowest BCUT2D eigenvalue weighted by atomic mass is 9.85. The molecule has 14 heteroatoms. The maximum Gasteiger partial charge on any atom is 0.336 e. The van der Waals surface area contributed by atoms with Gasteiger partial charge in [0.2, 0.25) is 11.8 Å². The minimum Gasteiger partial charge on any atom is -0.478 e. The summed E-state index contributed by atoms with van der Waals surface area (Å²) in [5, 5.41) is 30.1. The first-order valence-electron chi connectivity index (χ1n) is 13.8. The maximum atomic E-state index is 14.7. The Bertz CT molecular complexity index is 1360. The molecule has 3 atom stereocenters. The molecule has 4 rings (SSSR count). The molecule has 3 heterocycles. The number of anilines is 2. The summed E-state index contributed by atoms with van der Waals surface area (Å²) >= 11 is 0. The van der Waals surface area contributed by atoms with Crippen LogP contribution in [0.15, 0.2) is 18.2 Å². The summed E-state index contributed by atoms with van der Waals surface area (Å²) in [4.78, 5) is 43.4. The van der Waals surface area contributed by atoms with Crippen molar-refractivity contribution in [2.45, 2.75) is 52.3 Å². The average molecular weight is 590 g/mol. The van der Waals surface area contributed by atoms with Crippen molar-refractivity contribution in [2.24, 2.45) is 5.41 Å². The van der Waals surface area contributed by atoms with Crippen LogP contribution in [0.4, 0.5) is 20.3 Å². The summed E-state index contributed by atoms with van der Waals surface area (Å²) in [6.07, 6.45) is -0.0815. The van der Waals surface area contributed by atoms with Crippen molar-refractivity contribution in [2.75, 3.05) is 49.9 Å². The molecule has 2 aromatic rings. The van der Waals surface area contributed by atoms with Crippen molar-refractivity contribution >= 4 is 29.3 Å². The molecule has 0 unspecified atom stereocenters. The number of carbonyl (C=O) groups excluding carboxylic acids is 2. The van der Waals surface area contributed by atoms with E-state index in [0.29, 0.717) is 38.3 Å². The number of hydrogen-bond donors (Lipinski definition) is 4. The number of nitrogen functional groups attached to an aromatic ring is 1. The van der Waals surface area contributed by atoms with Crippen LogP contribution in [-0.2, 0) is 9.59 Å². The molecular formula is C28H37F2N7O5. The topological polar surface area (TPSA) is 165 Å². The number of rotatable bonds is 7. The number of piperazine rings is 1. The summed E-state index contributed by atoms with van der Waals surface area (Å²) in [5.74, 6) is -4.50. The molecule has 2 amide bonds. The van der Waals surface area contributed by atoms with Crippen molar-refractivity contribution in [3.05, 3.63) is 35.4 Å². The van der Waals surface area contributed by atoms with E-state index in [1.54, 1.807) is 4.90 Å². The Morgan fingerprint density at radius 2 is 1.81 bits per heavy atom. The first-order valence-corrected chi connectivity index (χ1v) is 13.8. The van der Waals surface area contributed by atoms with Gasteiger partial charge < -0.3 is 31.1 Å². The molecule has 228 valence electrons. The molecule has 0 bridgehead atoms. The van der Waals surface area contributed by atoms with Gasteiger partial charge in [0, 0.05) is 38.8 Å². The quantitative estimate of drug-likeness (QED) is 0.370. The highest BCUT2D eigenvalue weighted by molar-refractivity contribution is 5.96. The van der Waals surface area contributed by atoms with E-state index in [-0.39, 0.29) is 42.5 Å². The fourth-order valence-corrected chi connectivity index (χ4v) is 5.43. The van der Waals surface area contributed by atoms with E-state index in [1.165, 1.54) is 6.07 Å². The van der Waals surface area contributed by atoms with Crippen molar-refractivity contribution in [3.8, 4) is 11.3 Å². The molecule has 5 N–H and O–H groups in total. The molecule has 2 aliphatic rings. The predicted molar refractivity (Wildman–Crippen MR) is 151 cm³/mol. The number of nitrogens with two attached hydrogens (primary N) is 1. The van der Waals surface area contributed by atoms with Crippen molar-refractivity contribution in [3.63, 3.8) is 0 Å². The van der Waals surface area contributed by atoms with E-state index in [2.05, 4.69) is 15.5 Å². The standard InChI is InChI=1S/C28H37F2N7O5/c1-15-11-16(38)13-37(15)26(40)24(28(2,3)4)32-21(39)14-35-7-9-36(10-8-35)20-12-19(33-34-25(20)31)22-17(27(41)42)5-6-18(29)23(22)30/h5-6,12,15-16,24,38H,7-11,13-14H2,1-4H3,(H2,31,34)(H,32,39)(H,41,42)/t15-,16-,24-/m1/s1. The van der Waals surface area contributed by atoms with Gasteiger partial charge in [0.25, 0.3) is 0 Å². The van der Waals surface area contributed by atoms with E-state index in [9.17, 15) is 33.4 Å². The average Bonchev–Trinajstić information content (AvgIpc) is 3.26. The van der Waals surface area contributed by atoms with Crippen LogP contribution in [0.25, 0.3) is 11.3 Å². The van der Waals surface area contributed by atoms with Crippen LogP contribution < -0.4 is 16.0 Å². The predicted octanol–water partition coefficient (Wildman–Crippen LogP) is 1.34. The molecule has 1 aromatic heterocycles. The van der Waals surface area contributed by atoms with E-state index in [1.807, 2.05) is 37.5 Å². The fraction of sp³-hybridized carbons (Fsp3) is 0.536. The number of nitrogens with zero attached hydrogens (tertiary/aromatic N) is 5. The van der Waals surface area contributed by atoms with Gasteiger partial charge in [0.05, 0.1) is 35.2 Å². The SMILES string of the molecule is C[C@@H]1C[C@@H](O)CN1C(=O)[C@@H](NC(=O)CN1CCN(c2cc(-c3c(C(=O)O)ccc(F)c3F)nnc2N)CC1)C(C)(C)C. The van der Waals surface area contributed by atoms with Gasteiger partial charge in [0.1, 0.15) is 6.04 Å². The number of amides is 2. The summed E-state index contributed by atoms with van der Waals surface area (Å²) < 4.78 is 28.6. The lowest BCUT2D eigenvalue weighted by Crippen LogP contribution is -2.57. The number of hydrogen-bond acceptors (Lipinski definition) is 9. The van der Waals surface area contributed by atoms with Gasteiger partial charge in [0.15, 0.2) is 17.5 Å². The molecule has 0 spiro atoms. The van der Waals surface area contributed by atoms with Gasteiger partial charge in [-0.3, -0.25) is 14.5 Å². The smallest absolute Gasteiger partial charge is 0.336 e. The zero-order chi connectivity index (χ0) is 30.9. The van der Waals surface area contributed by atoms with E-state index < -0.39 is 46.3 Å². The Kier molecular flexibility index (Phi) is 8.97. The van der Waals surface area contributed by atoms with Gasteiger partial charge >= 0.3 is 5.97 Å². The number of aromatic nitrogens is 2. The third-order valence-electron chi connectivity index (χ3n) is 7.72. The van der Waals surface area contributed by atoms with E-state index in [4.69, 9.17) is 5.73 Å². The first-order chi connectivity index (χ1) is 19.7. The molecule has 12 nitrogen and oxygen atoms in total. The van der Waals surface area contributed by atoms with Crippen molar-refractivity contribution < 1.29 is 33.4 Å². The number of aromatic carboxylic acids is 1. The number of carbonyl (C=O) groups is 3. The van der Waals surface area contributed by atoms with Gasteiger partial charge in [-0.1, -0.05) is 20.8 Å². The van der Waals surface area contributed by atoms with Crippen LogP contribution >= 0.6 is 0 Å². The first kappa shape index (κ1) is 31.0. The number of aliphatic hydroxyl groups is 1. The summed E-state index contributed by atoms with van der Waals surface area (Å²) in [6.45, 7) is 9.51. The second-order valence-corrected chi connectivity index (χ2v) is 11.9. The lowest BCUT2D eigenvalue weighted by Gasteiger charge is -2.37. The Labute approximate surface area is 242 Å². The van der Waals surface area contributed by atoms with Gasteiger partial charge in [-0.05, 0) is 37.0 Å². The minimum atomic E-state index is -1.45. The van der Waals surface area contributed by atoms with Crippen molar-refractivity contribution in [1.82, 2.24) is 25.3 Å². The molecule has 0 radical (unpaired) electrons. The summed E-state index contributed by atoms with van der Waals surface area (Å²) in [6, 6.07) is 2.19. The highest BCUT2D eigenvalue weighted by Gasteiger charge is 2.40. The van der Waals surface area contributed by atoms with Gasteiger partial charge in [-0.2, -0.15) is 0 Å². The van der Waals surface area contributed by atoms with Crippen LogP contribution in [0.5, 0.6) is 0 Å². The lowest BCUT2D eigenvalue weighted by molar-refractivity contribution is -0.140. The van der Waals surface area contributed by atoms with E-state index >= 15 is 0 Å². The zero-order valence-corrected chi connectivity index (χ0v) is 24.1.